The molecule has 0 spiro atoms. The molecule has 0 amide bonds. The van der Waals surface area contributed by atoms with Crippen LogP contribution in [0.25, 0.3) is 0 Å². The highest BCUT2D eigenvalue weighted by Gasteiger charge is 2.56. The van der Waals surface area contributed by atoms with Crippen LogP contribution >= 0.6 is 0 Å². The van der Waals surface area contributed by atoms with E-state index in [1.165, 1.54) is 5.57 Å². The normalized spacial score (nSPS) is 32.3. The second-order valence-electron chi connectivity index (χ2n) is 4.20. The van der Waals surface area contributed by atoms with Gasteiger partial charge in [0.1, 0.15) is 0 Å². The van der Waals surface area contributed by atoms with E-state index >= 15 is 0 Å². The van der Waals surface area contributed by atoms with Crippen molar-refractivity contribution in [2.45, 2.75) is 27.7 Å². The Morgan fingerprint density at radius 2 is 2.00 bits per heavy atom. The van der Waals surface area contributed by atoms with E-state index in [0.29, 0.717) is 5.92 Å². The van der Waals surface area contributed by atoms with E-state index in [4.69, 9.17) is 5.26 Å². The molecule has 0 aliphatic heterocycles. The van der Waals surface area contributed by atoms with Crippen LogP contribution in [-0.4, -0.2) is 0 Å². The SMILES string of the molecule is CC(C)=CC1C(C#N)C1(C)C. The topological polar surface area (TPSA) is 23.8 Å². The smallest absolute Gasteiger partial charge is 0.0668 e. The van der Waals surface area contributed by atoms with Crippen molar-refractivity contribution in [3.63, 3.8) is 0 Å². The maximum absolute atomic E-state index is 8.75. The average Bonchev–Trinajstić information content (AvgIpc) is 2.33. The predicted molar refractivity (Wildman–Crippen MR) is 45.8 cm³/mol. The van der Waals surface area contributed by atoms with Gasteiger partial charge in [-0.25, -0.2) is 0 Å². The summed E-state index contributed by atoms with van der Waals surface area (Å²) in [5.74, 6) is 0.745. The molecule has 0 aromatic heterocycles. The molecular formula is C10H15N. The maximum atomic E-state index is 8.75. The van der Waals surface area contributed by atoms with E-state index < -0.39 is 0 Å². The van der Waals surface area contributed by atoms with Crippen LogP contribution in [0.3, 0.4) is 0 Å². The van der Waals surface area contributed by atoms with E-state index in [0.717, 1.165) is 0 Å². The summed E-state index contributed by atoms with van der Waals surface area (Å²) in [6.07, 6.45) is 2.22. The van der Waals surface area contributed by atoms with Crippen LogP contribution in [0, 0.1) is 28.6 Å². The molecule has 1 aliphatic rings. The second kappa shape index (κ2) is 2.37. The Hall–Kier alpha value is -0.770. The molecule has 0 saturated heterocycles. The van der Waals surface area contributed by atoms with Gasteiger partial charge in [-0.1, -0.05) is 25.5 Å². The summed E-state index contributed by atoms with van der Waals surface area (Å²) in [4.78, 5) is 0. The fraction of sp³-hybridized carbons (Fsp3) is 0.700. The largest absolute Gasteiger partial charge is 0.198 e. The highest BCUT2D eigenvalue weighted by molar-refractivity contribution is 5.23. The van der Waals surface area contributed by atoms with Gasteiger partial charge in [-0.15, -0.1) is 0 Å². The lowest BCUT2D eigenvalue weighted by Crippen LogP contribution is -1.88. The maximum Gasteiger partial charge on any atom is 0.0668 e. The van der Waals surface area contributed by atoms with Gasteiger partial charge in [0.05, 0.1) is 12.0 Å². The Balaban J connectivity index is 2.69. The molecule has 1 aliphatic carbocycles. The molecule has 0 N–H and O–H groups in total. The number of allylic oxidation sites excluding steroid dienone is 2. The van der Waals surface area contributed by atoms with E-state index in [1.54, 1.807) is 0 Å². The minimum absolute atomic E-state index is 0.228. The zero-order valence-electron chi connectivity index (χ0n) is 7.68. The van der Waals surface area contributed by atoms with Crippen molar-refractivity contribution >= 4 is 0 Å². The summed E-state index contributed by atoms with van der Waals surface area (Å²) in [6, 6.07) is 2.34. The highest BCUT2D eigenvalue weighted by Crippen LogP contribution is 2.58. The minimum atomic E-state index is 0.228. The third-order valence-electron chi connectivity index (χ3n) is 2.56. The molecule has 1 nitrogen and oxygen atoms in total. The number of hydrogen-bond acceptors (Lipinski definition) is 1. The number of nitrogens with zero attached hydrogens (tertiary/aromatic N) is 1. The van der Waals surface area contributed by atoms with Crippen molar-refractivity contribution in [1.29, 1.82) is 5.26 Å². The molecule has 0 heterocycles. The molecule has 0 aromatic rings. The lowest BCUT2D eigenvalue weighted by atomic mass is 10.1. The average molecular weight is 149 g/mol. The first kappa shape index (κ1) is 8.33. The lowest BCUT2D eigenvalue weighted by Gasteiger charge is -1.95. The van der Waals surface area contributed by atoms with Crippen molar-refractivity contribution in [3.05, 3.63) is 11.6 Å². The van der Waals surface area contributed by atoms with E-state index in [2.05, 4.69) is 39.8 Å². The van der Waals surface area contributed by atoms with E-state index in [-0.39, 0.29) is 11.3 Å². The summed E-state index contributed by atoms with van der Waals surface area (Å²) in [5, 5.41) is 8.75. The quantitative estimate of drug-likeness (QED) is 0.526. The van der Waals surface area contributed by atoms with Gasteiger partial charge in [-0.2, -0.15) is 5.26 Å². The number of hydrogen-bond donors (Lipinski definition) is 0. The van der Waals surface area contributed by atoms with Crippen molar-refractivity contribution in [2.75, 3.05) is 0 Å². The standard InChI is InChI=1S/C10H15N/c1-7(2)5-8-9(6-11)10(8,3)4/h5,8-9H,1-4H3. The van der Waals surface area contributed by atoms with Crippen LogP contribution in [0.15, 0.2) is 11.6 Å². The van der Waals surface area contributed by atoms with E-state index in [1.807, 2.05) is 0 Å². The molecular weight excluding hydrogens is 134 g/mol. The van der Waals surface area contributed by atoms with Gasteiger partial charge in [0.25, 0.3) is 0 Å². The summed E-state index contributed by atoms with van der Waals surface area (Å²) in [5.41, 5.74) is 1.55. The highest BCUT2D eigenvalue weighted by atomic mass is 14.6. The molecule has 1 saturated carbocycles. The predicted octanol–water partition coefficient (Wildman–Crippen LogP) is 2.75. The van der Waals surface area contributed by atoms with Crippen molar-refractivity contribution in [1.82, 2.24) is 0 Å². The molecule has 60 valence electrons. The third-order valence-corrected chi connectivity index (χ3v) is 2.56. The first-order chi connectivity index (χ1) is 5.00. The van der Waals surface area contributed by atoms with Crippen LogP contribution in [-0.2, 0) is 0 Å². The first-order valence-electron chi connectivity index (χ1n) is 4.04. The number of rotatable bonds is 1. The Morgan fingerprint density at radius 3 is 2.27 bits per heavy atom. The van der Waals surface area contributed by atoms with Crippen LogP contribution < -0.4 is 0 Å². The molecule has 11 heavy (non-hydrogen) atoms. The molecule has 1 rings (SSSR count). The van der Waals surface area contributed by atoms with Gasteiger partial charge in [0, 0.05) is 0 Å². The van der Waals surface area contributed by atoms with Crippen molar-refractivity contribution < 1.29 is 0 Å². The molecule has 0 aromatic carbocycles. The fourth-order valence-corrected chi connectivity index (χ4v) is 1.59. The second-order valence-corrected chi connectivity index (χ2v) is 4.20. The van der Waals surface area contributed by atoms with Crippen molar-refractivity contribution in [2.24, 2.45) is 17.3 Å². The fourth-order valence-electron chi connectivity index (χ4n) is 1.59. The monoisotopic (exact) mass is 149 g/mol. The minimum Gasteiger partial charge on any atom is -0.198 e. The zero-order valence-corrected chi connectivity index (χ0v) is 7.68. The van der Waals surface area contributed by atoms with Gasteiger partial charge in [0.2, 0.25) is 0 Å². The van der Waals surface area contributed by atoms with E-state index in [9.17, 15) is 0 Å². The summed E-state index contributed by atoms with van der Waals surface area (Å²) < 4.78 is 0. The molecule has 1 fully saturated rings. The van der Waals surface area contributed by atoms with Crippen LogP contribution in [0.5, 0.6) is 0 Å². The first-order valence-corrected chi connectivity index (χ1v) is 4.04. The van der Waals surface area contributed by atoms with Gasteiger partial charge >= 0.3 is 0 Å². The lowest BCUT2D eigenvalue weighted by molar-refractivity contribution is 0.588. The molecule has 2 atom stereocenters. The Bertz CT molecular complexity index is 226. The van der Waals surface area contributed by atoms with Gasteiger partial charge in [-0.05, 0) is 25.2 Å². The van der Waals surface area contributed by atoms with Crippen LogP contribution in [0.2, 0.25) is 0 Å². The van der Waals surface area contributed by atoms with Gasteiger partial charge in [0.15, 0.2) is 0 Å². The van der Waals surface area contributed by atoms with Gasteiger partial charge in [-0.3, -0.25) is 0 Å². The summed E-state index contributed by atoms with van der Waals surface area (Å²) in [6.45, 7) is 8.49. The van der Waals surface area contributed by atoms with Crippen LogP contribution in [0.4, 0.5) is 0 Å². The third kappa shape index (κ3) is 1.30. The zero-order chi connectivity index (χ0) is 8.65. The Kier molecular flexibility index (Phi) is 1.80. The number of nitriles is 1. The van der Waals surface area contributed by atoms with Gasteiger partial charge < -0.3 is 0 Å². The summed E-state index contributed by atoms with van der Waals surface area (Å²) in [7, 11) is 0. The molecule has 0 radical (unpaired) electrons. The summed E-state index contributed by atoms with van der Waals surface area (Å²) >= 11 is 0. The Morgan fingerprint density at radius 1 is 1.45 bits per heavy atom. The molecule has 0 bridgehead atoms. The molecule has 2 unspecified atom stereocenters. The Labute approximate surface area is 68.7 Å². The van der Waals surface area contributed by atoms with Crippen LogP contribution in [0.1, 0.15) is 27.7 Å². The molecule has 1 heteroatoms. The van der Waals surface area contributed by atoms with Crippen molar-refractivity contribution in [3.8, 4) is 6.07 Å².